The Labute approximate surface area is 428 Å². The molecule has 0 bridgehead atoms. The Balaban J connectivity index is 0.945. The number of pyridine rings is 3. The second kappa shape index (κ2) is 19.6. The molecule has 5 heterocycles. The lowest BCUT2D eigenvalue weighted by molar-refractivity contribution is 1.06. The Morgan fingerprint density at radius 3 is 1.47 bits per heavy atom. The van der Waals surface area contributed by atoms with Gasteiger partial charge in [-0.25, -0.2) is 14.8 Å². The zero-order valence-corrected chi connectivity index (χ0v) is 39.7. The molecule has 0 spiro atoms. The molecule has 0 aliphatic carbocycles. The standard InChI is InChI=1S/C65H41N9/c1-67-61-42-51(59-16-8-10-31-69-59)26-28-63(61)74-36-34-72-65(74)54-39-52(38-53(40-54)64-71-33-35-73(64)62-27-25-50(37-55(62)43-66)58-15-7-9-30-68-58)57-14-6-5-13-56(57)47-21-23-48(24-22-47)60-41-49(29-32-70-60)46-19-17-45(18-20-46)44-11-3-2-4-12-44/h2-42H. The molecule has 0 atom stereocenters. The Kier molecular flexibility index (Phi) is 11.8. The van der Waals surface area contributed by atoms with E-state index in [9.17, 15) is 5.26 Å². The molecule has 0 radical (unpaired) electrons. The molecule has 0 aliphatic rings. The van der Waals surface area contributed by atoms with E-state index >= 15 is 0 Å². The third kappa shape index (κ3) is 8.70. The topological polar surface area (TPSA) is 102 Å². The van der Waals surface area contributed by atoms with Crippen LogP contribution in [-0.2, 0) is 0 Å². The van der Waals surface area contributed by atoms with Gasteiger partial charge in [0.2, 0.25) is 5.69 Å². The van der Waals surface area contributed by atoms with Crippen molar-refractivity contribution < 1.29 is 0 Å². The molecular weight excluding hydrogens is 907 g/mol. The average Bonchev–Trinajstić information content (AvgIpc) is 4.20. The average molecular weight is 948 g/mol. The first-order chi connectivity index (χ1) is 36.6. The van der Waals surface area contributed by atoms with Crippen LogP contribution in [0.5, 0.6) is 0 Å². The van der Waals surface area contributed by atoms with Crippen LogP contribution in [0.3, 0.4) is 0 Å². The fourth-order valence-corrected chi connectivity index (χ4v) is 9.56. The van der Waals surface area contributed by atoms with Crippen LogP contribution in [0.1, 0.15) is 5.56 Å². The van der Waals surface area contributed by atoms with Crippen LogP contribution in [-0.4, -0.2) is 34.1 Å². The summed E-state index contributed by atoms with van der Waals surface area (Å²) < 4.78 is 3.92. The molecule has 74 heavy (non-hydrogen) atoms. The Morgan fingerprint density at radius 2 is 0.851 bits per heavy atom. The summed E-state index contributed by atoms with van der Waals surface area (Å²) >= 11 is 0. The predicted octanol–water partition coefficient (Wildman–Crippen LogP) is 15.7. The quantitative estimate of drug-likeness (QED) is 0.120. The molecular formula is C65H41N9. The number of imidazole rings is 2. The summed E-state index contributed by atoms with van der Waals surface area (Å²) in [7, 11) is 0. The summed E-state index contributed by atoms with van der Waals surface area (Å²) in [6, 6.07) is 72.1. The summed E-state index contributed by atoms with van der Waals surface area (Å²) in [5, 5.41) is 10.6. The lowest BCUT2D eigenvalue weighted by Gasteiger charge is -2.17. The summed E-state index contributed by atoms with van der Waals surface area (Å²) in [4.78, 5) is 27.7. The Morgan fingerprint density at radius 1 is 0.351 bits per heavy atom. The number of rotatable bonds is 11. The van der Waals surface area contributed by atoms with Gasteiger partial charge in [0.05, 0.1) is 40.6 Å². The van der Waals surface area contributed by atoms with Crippen molar-refractivity contribution in [3.8, 4) is 118 Å². The fraction of sp³-hybridized carbons (Fsp3) is 0. The first-order valence-electron chi connectivity index (χ1n) is 24.0. The summed E-state index contributed by atoms with van der Waals surface area (Å²) in [5.74, 6) is 1.28. The van der Waals surface area contributed by atoms with Gasteiger partial charge in [-0.05, 0) is 129 Å². The second-order valence-corrected chi connectivity index (χ2v) is 17.6. The number of hydrogen-bond donors (Lipinski definition) is 0. The molecule has 0 unspecified atom stereocenters. The van der Waals surface area contributed by atoms with Gasteiger partial charge in [0.25, 0.3) is 0 Å². The molecule has 12 aromatic rings. The van der Waals surface area contributed by atoms with Crippen molar-refractivity contribution >= 4 is 5.69 Å². The van der Waals surface area contributed by atoms with Crippen LogP contribution in [0, 0.1) is 17.9 Å². The maximum absolute atomic E-state index is 10.6. The van der Waals surface area contributed by atoms with E-state index in [0.717, 1.165) is 78.3 Å². The van der Waals surface area contributed by atoms with E-state index in [1.165, 1.54) is 11.1 Å². The van der Waals surface area contributed by atoms with Gasteiger partial charge in [0, 0.05) is 65.6 Å². The van der Waals surface area contributed by atoms with E-state index in [0.29, 0.717) is 34.3 Å². The molecule has 0 saturated heterocycles. The first-order valence-corrected chi connectivity index (χ1v) is 24.0. The van der Waals surface area contributed by atoms with Gasteiger partial charge in [-0.15, -0.1) is 0 Å². The van der Waals surface area contributed by atoms with E-state index in [1.54, 1.807) is 24.8 Å². The van der Waals surface area contributed by atoms with Gasteiger partial charge in [-0.3, -0.25) is 19.5 Å². The van der Waals surface area contributed by atoms with Gasteiger partial charge in [0.15, 0.2) is 0 Å². The molecule has 9 nitrogen and oxygen atoms in total. The smallest absolute Gasteiger partial charge is 0.211 e. The number of nitriles is 1. The van der Waals surface area contributed by atoms with Gasteiger partial charge >= 0.3 is 0 Å². The van der Waals surface area contributed by atoms with Crippen molar-refractivity contribution in [2.24, 2.45) is 0 Å². The zero-order valence-electron chi connectivity index (χ0n) is 39.7. The van der Waals surface area contributed by atoms with Gasteiger partial charge in [0.1, 0.15) is 17.7 Å². The second-order valence-electron chi connectivity index (χ2n) is 17.6. The molecule has 346 valence electrons. The van der Waals surface area contributed by atoms with Crippen LogP contribution in [0.2, 0.25) is 0 Å². The van der Waals surface area contributed by atoms with Crippen LogP contribution < -0.4 is 0 Å². The monoisotopic (exact) mass is 947 g/mol. The van der Waals surface area contributed by atoms with E-state index in [-0.39, 0.29) is 0 Å². The molecule has 7 aromatic carbocycles. The van der Waals surface area contributed by atoms with E-state index < -0.39 is 0 Å². The summed E-state index contributed by atoms with van der Waals surface area (Å²) in [6.45, 7) is 8.27. The minimum atomic E-state index is 0.464. The van der Waals surface area contributed by atoms with Crippen LogP contribution in [0.15, 0.2) is 250 Å². The molecule has 0 amide bonds. The highest BCUT2D eigenvalue weighted by atomic mass is 15.1. The number of nitrogens with zero attached hydrogens (tertiary/aromatic N) is 9. The lowest BCUT2D eigenvalue weighted by atomic mass is 9.91. The highest BCUT2D eigenvalue weighted by Gasteiger charge is 2.20. The van der Waals surface area contributed by atoms with Crippen molar-refractivity contribution in [2.75, 3.05) is 0 Å². The SMILES string of the molecule is [C-]#[N+]c1cc(-c2ccccn2)ccc1-n1ccnc1-c1cc(-c2ccccc2-c2ccc(-c3cc(-c4ccc(-c5ccccc5)cc4)ccn3)cc2)cc(-c2nccn2-c2ccc(-c3ccccn3)cc2C#N)c1. The predicted molar refractivity (Wildman–Crippen MR) is 294 cm³/mol. The van der Waals surface area contributed by atoms with Crippen LogP contribution in [0.4, 0.5) is 5.69 Å². The number of aromatic nitrogens is 7. The number of benzene rings is 7. The van der Waals surface area contributed by atoms with Crippen molar-refractivity contribution in [2.45, 2.75) is 0 Å². The molecule has 0 N–H and O–H groups in total. The first kappa shape index (κ1) is 44.6. The fourth-order valence-electron chi connectivity index (χ4n) is 9.56. The van der Waals surface area contributed by atoms with Crippen molar-refractivity contribution in [3.63, 3.8) is 0 Å². The highest BCUT2D eigenvalue weighted by molar-refractivity contribution is 5.89. The normalized spacial score (nSPS) is 10.9. The molecule has 0 saturated carbocycles. The van der Waals surface area contributed by atoms with Crippen LogP contribution >= 0.6 is 0 Å². The van der Waals surface area contributed by atoms with Crippen LogP contribution in [0.25, 0.3) is 117 Å². The van der Waals surface area contributed by atoms with E-state index in [1.807, 2.05) is 107 Å². The highest BCUT2D eigenvalue weighted by Crippen LogP contribution is 2.40. The largest absolute Gasteiger partial charge is 0.310 e. The molecule has 0 aliphatic heterocycles. The van der Waals surface area contributed by atoms with Crippen molar-refractivity contribution in [3.05, 3.63) is 267 Å². The Hall–Kier alpha value is -10.6. The molecule has 9 heteroatoms. The maximum atomic E-state index is 10.6. The lowest BCUT2D eigenvalue weighted by Crippen LogP contribution is -2.01. The van der Waals surface area contributed by atoms with E-state index in [2.05, 4.69) is 148 Å². The summed E-state index contributed by atoms with van der Waals surface area (Å²) in [5.41, 5.74) is 17.7. The number of hydrogen-bond acceptors (Lipinski definition) is 6. The minimum absolute atomic E-state index is 0.464. The van der Waals surface area contributed by atoms with Gasteiger partial charge < -0.3 is 4.57 Å². The Bertz CT molecular complexity index is 3920. The third-order valence-corrected chi connectivity index (χ3v) is 13.2. The van der Waals surface area contributed by atoms with Crippen molar-refractivity contribution in [1.29, 1.82) is 5.26 Å². The maximum Gasteiger partial charge on any atom is 0.211 e. The molecule has 5 aromatic heterocycles. The van der Waals surface area contributed by atoms with Gasteiger partial charge in [-0.1, -0.05) is 127 Å². The third-order valence-electron chi connectivity index (χ3n) is 13.2. The molecule has 12 rings (SSSR count). The minimum Gasteiger partial charge on any atom is -0.310 e. The van der Waals surface area contributed by atoms with E-state index in [4.69, 9.17) is 21.5 Å². The molecule has 0 fully saturated rings. The van der Waals surface area contributed by atoms with Gasteiger partial charge in [-0.2, -0.15) is 5.26 Å². The zero-order chi connectivity index (χ0) is 49.8. The summed E-state index contributed by atoms with van der Waals surface area (Å²) in [6.07, 6.45) is 12.6. The van der Waals surface area contributed by atoms with Crippen molar-refractivity contribution in [1.82, 2.24) is 34.1 Å².